The molecule has 0 saturated carbocycles. The molecule has 1 atom stereocenters. The second-order valence-corrected chi connectivity index (χ2v) is 4.89. The van der Waals surface area contributed by atoms with Crippen LogP contribution in [-0.2, 0) is 6.54 Å². The van der Waals surface area contributed by atoms with Crippen molar-refractivity contribution in [1.29, 1.82) is 0 Å². The van der Waals surface area contributed by atoms with Crippen LogP contribution in [0.2, 0.25) is 0 Å². The van der Waals surface area contributed by atoms with Crippen molar-refractivity contribution in [2.45, 2.75) is 25.9 Å². The van der Waals surface area contributed by atoms with Crippen molar-refractivity contribution < 1.29 is 4.42 Å². The normalized spacial score (nSPS) is 12.6. The number of aromatic nitrogens is 2. The predicted molar refractivity (Wildman–Crippen MR) is 80.9 cm³/mol. The molecule has 3 aromatic rings. The number of hydrogen-bond donors (Lipinski definition) is 2. The molecule has 21 heavy (non-hydrogen) atoms. The fourth-order valence-corrected chi connectivity index (χ4v) is 2.34. The summed E-state index contributed by atoms with van der Waals surface area (Å²) in [5.74, 6) is 1.52. The lowest BCUT2D eigenvalue weighted by atomic mass is 10.2. The number of para-hydroxylation sites is 1. The van der Waals surface area contributed by atoms with E-state index in [1.165, 1.54) is 0 Å². The number of benzene rings is 1. The fourth-order valence-electron chi connectivity index (χ4n) is 2.34. The van der Waals surface area contributed by atoms with E-state index in [9.17, 15) is 4.79 Å². The molecule has 0 amide bonds. The molecule has 0 saturated heterocycles. The minimum absolute atomic E-state index is 0.0209. The number of aromatic amines is 1. The van der Waals surface area contributed by atoms with E-state index in [4.69, 9.17) is 4.42 Å². The van der Waals surface area contributed by atoms with Gasteiger partial charge in [-0.2, -0.15) is 0 Å². The van der Waals surface area contributed by atoms with Gasteiger partial charge in [-0.15, -0.1) is 0 Å². The first kappa shape index (κ1) is 13.6. The molecule has 5 heteroatoms. The van der Waals surface area contributed by atoms with E-state index in [0.29, 0.717) is 17.8 Å². The second-order valence-electron chi connectivity index (χ2n) is 4.89. The van der Waals surface area contributed by atoms with Crippen LogP contribution in [0.4, 0.5) is 0 Å². The lowest BCUT2D eigenvalue weighted by Crippen LogP contribution is -2.25. The molecule has 0 fully saturated rings. The van der Waals surface area contributed by atoms with Crippen molar-refractivity contribution in [1.82, 2.24) is 15.3 Å². The zero-order valence-electron chi connectivity index (χ0n) is 11.8. The van der Waals surface area contributed by atoms with E-state index in [-0.39, 0.29) is 11.6 Å². The topological polar surface area (TPSA) is 70.9 Å². The van der Waals surface area contributed by atoms with Crippen molar-refractivity contribution in [2.24, 2.45) is 0 Å². The first-order valence-corrected chi connectivity index (χ1v) is 7.02. The van der Waals surface area contributed by atoms with Gasteiger partial charge in [0, 0.05) is 0 Å². The van der Waals surface area contributed by atoms with Gasteiger partial charge in [0.25, 0.3) is 5.56 Å². The Labute approximate surface area is 122 Å². The van der Waals surface area contributed by atoms with Crippen molar-refractivity contribution in [3.05, 3.63) is 64.6 Å². The highest BCUT2D eigenvalue weighted by atomic mass is 16.3. The van der Waals surface area contributed by atoms with E-state index in [1.54, 1.807) is 12.3 Å². The largest absolute Gasteiger partial charge is 0.468 e. The predicted octanol–water partition coefficient (Wildman–Crippen LogP) is 2.76. The van der Waals surface area contributed by atoms with E-state index in [1.807, 2.05) is 30.3 Å². The number of furan rings is 1. The molecule has 0 aliphatic carbocycles. The van der Waals surface area contributed by atoms with Crippen LogP contribution in [0.3, 0.4) is 0 Å². The maximum absolute atomic E-state index is 12.1. The van der Waals surface area contributed by atoms with Gasteiger partial charge in [-0.25, -0.2) is 4.98 Å². The van der Waals surface area contributed by atoms with Gasteiger partial charge in [-0.05, 0) is 30.7 Å². The molecule has 1 aromatic carbocycles. The standard InChI is InChI=1S/C16H17N3O2/c1-2-13(17-10-11-6-5-9-21-11)15-18-14-8-4-3-7-12(14)16(20)19-15/h3-9,13,17H,2,10H2,1H3,(H,18,19,20). The zero-order valence-corrected chi connectivity index (χ0v) is 11.8. The summed E-state index contributed by atoms with van der Waals surface area (Å²) in [6.07, 6.45) is 2.47. The zero-order chi connectivity index (χ0) is 14.7. The third-order valence-corrected chi connectivity index (χ3v) is 3.47. The lowest BCUT2D eigenvalue weighted by molar-refractivity contribution is 0.433. The van der Waals surface area contributed by atoms with Gasteiger partial charge in [0.15, 0.2) is 0 Å². The highest BCUT2D eigenvalue weighted by molar-refractivity contribution is 5.77. The SMILES string of the molecule is CCC(NCc1ccco1)c1nc2ccccc2c(=O)[nH]1. The Morgan fingerprint density at radius 2 is 2.14 bits per heavy atom. The van der Waals surface area contributed by atoms with Crippen molar-refractivity contribution in [2.75, 3.05) is 0 Å². The van der Waals surface area contributed by atoms with Gasteiger partial charge in [0.2, 0.25) is 0 Å². The maximum Gasteiger partial charge on any atom is 0.258 e. The van der Waals surface area contributed by atoms with Gasteiger partial charge in [0.05, 0.1) is 29.8 Å². The van der Waals surface area contributed by atoms with Crippen LogP contribution < -0.4 is 10.9 Å². The van der Waals surface area contributed by atoms with E-state index < -0.39 is 0 Å². The number of nitrogens with one attached hydrogen (secondary N) is 2. The summed E-state index contributed by atoms with van der Waals surface area (Å²) in [4.78, 5) is 19.5. The molecule has 0 radical (unpaired) electrons. The van der Waals surface area contributed by atoms with Crippen LogP contribution in [-0.4, -0.2) is 9.97 Å². The summed E-state index contributed by atoms with van der Waals surface area (Å²) >= 11 is 0. The van der Waals surface area contributed by atoms with Crippen molar-refractivity contribution in [3.8, 4) is 0 Å². The molecule has 1 unspecified atom stereocenters. The first-order chi connectivity index (χ1) is 10.3. The molecule has 5 nitrogen and oxygen atoms in total. The lowest BCUT2D eigenvalue weighted by Gasteiger charge is -2.15. The van der Waals surface area contributed by atoms with Crippen LogP contribution >= 0.6 is 0 Å². The molecule has 0 spiro atoms. The summed E-state index contributed by atoms with van der Waals surface area (Å²) in [7, 11) is 0. The Morgan fingerprint density at radius 1 is 1.29 bits per heavy atom. The molecule has 0 aliphatic rings. The first-order valence-electron chi connectivity index (χ1n) is 7.02. The maximum atomic E-state index is 12.1. The van der Waals surface area contributed by atoms with Crippen molar-refractivity contribution >= 4 is 10.9 Å². The molecule has 2 aromatic heterocycles. The fraction of sp³-hybridized carbons (Fsp3) is 0.250. The molecular weight excluding hydrogens is 266 g/mol. The summed E-state index contributed by atoms with van der Waals surface area (Å²) < 4.78 is 5.30. The molecule has 2 heterocycles. The highest BCUT2D eigenvalue weighted by Gasteiger charge is 2.13. The van der Waals surface area contributed by atoms with Gasteiger partial charge >= 0.3 is 0 Å². The van der Waals surface area contributed by atoms with Crippen LogP contribution in [0.1, 0.15) is 31.0 Å². The number of rotatable bonds is 5. The van der Waals surface area contributed by atoms with Gasteiger partial charge in [-0.1, -0.05) is 19.1 Å². The highest BCUT2D eigenvalue weighted by Crippen LogP contribution is 2.15. The third-order valence-electron chi connectivity index (χ3n) is 3.47. The Balaban J connectivity index is 1.88. The van der Waals surface area contributed by atoms with Gasteiger partial charge in [-0.3, -0.25) is 4.79 Å². The molecule has 0 aliphatic heterocycles. The Morgan fingerprint density at radius 3 is 2.90 bits per heavy atom. The Hall–Kier alpha value is -2.40. The number of fused-ring (bicyclic) bond motifs is 1. The summed E-state index contributed by atoms with van der Waals surface area (Å²) in [5.41, 5.74) is 0.614. The van der Waals surface area contributed by atoms with Crippen LogP contribution in [0.25, 0.3) is 10.9 Å². The minimum atomic E-state index is -0.103. The smallest absolute Gasteiger partial charge is 0.258 e. The number of H-pyrrole nitrogens is 1. The average Bonchev–Trinajstić information content (AvgIpc) is 3.01. The van der Waals surface area contributed by atoms with Crippen LogP contribution in [0.15, 0.2) is 51.9 Å². The quantitative estimate of drug-likeness (QED) is 0.755. The average molecular weight is 283 g/mol. The minimum Gasteiger partial charge on any atom is -0.468 e. The molecule has 2 N–H and O–H groups in total. The van der Waals surface area contributed by atoms with E-state index in [2.05, 4.69) is 22.2 Å². The summed E-state index contributed by atoms with van der Waals surface area (Å²) in [6, 6.07) is 11.1. The summed E-state index contributed by atoms with van der Waals surface area (Å²) in [5, 5.41) is 3.97. The van der Waals surface area contributed by atoms with Crippen LogP contribution in [0, 0.1) is 0 Å². The Bertz CT molecular complexity index is 778. The Kier molecular flexibility index (Phi) is 3.83. The second kappa shape index (κ2) is 5.93. The molecule has 0 bridgehead atoms. The molecule has 108 valence electrons. The third kappa shape index (κ3) is 2.87. The van der Waals surface area contributed by atoms with E-state index >= 15 is 0 Å². The van der Waals surface area contributed by atoms with Crippen LogP contribution in [0.5, 0.6) is 0 Å². The number of nitrogens with zero attached hydrogens (tertiary/aromatic N) is 1. The number of hydrogen-bond acceptors (Lipinski definition) is 4. The van der Waals surface area contributed by atoms with Crippen molar-refractivity contribution in [3.63, 3.8) is 0 Å². The van der Waals surface area contributed by atoms with E-state index in [0.717, 1.165) is 17.7 Å². The molecule has 3 rings (SSSR count). The molecular formula is C16H17N3O2. The van der Waals surface area contributed by atoms with Gasteiger partial charge in [0.1, 0.15) is 11.6 Å². The monoisotopic (exact) mass is 283 g/mol. The van der Waals surface area contributed by atoms with Gasteiger partial charge < -0.3 is 14.7 Å². The summed E-state index contributed by atoms with van der Waals surface area (Å²) in [6.45, 7) is 2.65.